The van der Waals surface area contributed by atoms with Gasteiger partial charge in [-0.1, -0.05) is 0 Å². The Morgan fingerprint density at radius 1 is 1.20 bits per heavy atom. The van der Waals surface area contributed by atoms with E-state index in [1.54, 1.807) is 19.5 Å². The average Bonchev–Trinajstić information content (AvgIpc) is 3.28. The van der Waals surface area contributed by atoms with Gasteiger partial charge < -0.3 is 14.4 Å². The smallest absolute Gasteiger partial charge is 0.256 e. The first-order valence-corrected chi connectivity index (χ1v) is 8.76. The molecule has 1 aromatic heterocycles. The number of likely N-dealkylation sites (tertiary alicyclic amines) is 1. The minimum atomic E-state index is 0.0728. The summed E-state index contributed by atoms with van der Waals surface area (Å²) in [4.78, 5) is 19.1. The number of fused-ring (bicyclic) bond motifs is 2. The van der Waals surface area contributed by atoms with Crippen LogP contribution < -0.4 is 9.47 Å². The van der Waals surface area contributed by atoms with Crippen molar-refractivity contribution in [3.63, 3.8) is 0 Å². The molecule has 2 bridgehead atoms. The van der Waals surface area contributed by atoms with Crippen LogP contribution in [0.1, 0.15) is 29.6 Å². The lowest BCUT2D eigenvalue weighted by Gasteiger charge is -2.35. The zero-order chi connectivity index (χ0) is 17.2. The van der Waals surface area contributed by atoms with Crippen LogP contribution in [0.4, 0.5) is 0 Å². The molecule has 1 saturated carbocycles. The van der Waals surface area contributed by atoms with Gasteiger partial charge in [-0.15, -0.1) is 0 Å². The van der Waals surface area contributed by atoms with Crippen LogP contribution in [0, 0.1) is 5.92 Å². The number of piperidine rings is 1. The Kier molecular flexibility index (Phi) is 4.30. The van der Waals surface area contributed by atoms with Crippen molar-refractivity contribution in [1.29, 1.82) is 0 Å². The van der Waals surface area contributed by atoms with E-state index in [9.17, 15) is 4.79 Å². The predicted octanol–water partition coefficient (Wildman–Crippen LogP) is 3.16. The molecule has 2 unspecified atom stereocenters. The standard InChI is InChI=1S/C20H22N2O3/c1-24-17-6-8-18(9-7-17)25-13-19-14-4-5-16(11-14)22(19)20(23)15-3-2-10-21-12-15/h2-3,6-10,12,14,16,19H,4-5,11,13H2,1H3/t14?,16?,19-/m0/s1. The van der Waals surface area contributed by atoms with E-state index in [0.29, 0.717) is 24.1 Å². The third-order valence-corrected chi connectivity index (χ3v) is 5.36. The van der Waals surface area contributed by atoms with Crippen molar-refractivity contribution in [2.75, 3.05) is 13.7 Å². The van der Waals surface area contributed by atoms with Crippen LogP contribution >= 0.6 is 0 Å². The average molecular weight is 338 g/mol. The topological polar surface area (TPSA) is 51.7 Å². The summed E-state index contributed by atoms with van der Waals surface area (Å²) >= 11 is 0. The predicted molar refractivity (Wildman–Crippen MR) is 93.8 cm³/mol. The van der Waals surface area contributed by atoms with Gasteiger partial charge in [0.15, 0.2) is 0 Å². The van der Waals surface area contributed by atoms with E-state index < -0.39 is 0 Å². The van der Waals surface area contributed by atoms with Crippen LogP contribution in [0.2, 0.25) is 0 Å². The fourth-order valence-corrected chi connectivity index (χ4v) is 4.12. The number of hydrogen-bond acceptors (Lipinski definition) is 4. The molecule has 1 aromatic carbocycles. The minimum Gasteiger partial charge on any atom is -0.497 e. The summed E-state index contributed by atoms with van der Waals surface area (Å²) in [5, 5.41) is 0. The molecule has 5 nitrogen and oxygen atoms in total. The maximum atomic E-state index is 13.0. The van der Waals surface area contributed by atoms with Gasteiger partial charge in [0.1, 0.15) is 18.1 Å². The Labute approximate surface area is 147 Å². The molecule has 3 atom stereocenters. The molecule has 2 aliphatic rings. The number of aromatic nitrogens is 1. The number of rotatable bonds is 5. The molecule has 0 spiro atoms. The first kappa shape index (κ1) is 15.9. The molecule has 1 saturated heterocycles. The van der Waals surface area contributed by atoms with Gasteiger partial charge >= 0.3 is 0 Å². The first-order valence-electron chi connectivity index (χ1n) is 8.76. The summed E-state index contributed by atoms with van der Waals surface area (Å²) in [5.74, 6) is 2.21. The zero-order valence-electron chi connectivity index (χ0n) is 14.3. The molecule has 2 heterocycles. The molecule has 1 amide bonds. The van der Waals surface area contributed by atoms with Crippen LogP contribution in [0.5, 0.6) is 11.5 Å². The van der Waals surface area contributed by atoms with Crippen molar-refractivity contribution in [3.8, 4) is 11.5 Å². The van der Waals surface area contributed by atoms with Gasteiger partial charge in [-0.3, -0.25) is 9.78 Å². The number of hydrogen-bond donors (Lipinski definition) is 0. The third kappa shape index (κ3) is 3.06. The van der Waals surface area contributed by atoms with Gasteiger partial charge in [-0.25, -0.2) is 0 Å². The molecule has 25 heavy (non-hydrogen) atoms. The van der Waals surface area contributed by atoms with Crippen molar-refractivity contribution in [1.82, 2.24) is 9.88 Å². The highest BCUT2D eigenvalue weighted by atomic mass is 16.5. The minimum absolute atomic E-state index is 0.0728. The molecule has 2 fully saturated rings. The van der Waals surface area contributed by atoms with Crippen LogP contribution in [0.15, 0.2) is 48.8 Å². The summed E-state index contributed by atoms with van der Waals surface area (Å²) in [6.45, 7) is 0.527. The monoisotopic (exact) mass is 338 g/mol. The second-order valence-electron chi connectivity index (χ2n) is 6.73. The normalized spacial score (nSPS) is 24.4. The quantitative estimate of drug-likeness (QED) is 0.840. The molecule has 1 aliphatic carbocycles. The van der Waals surface area contributed by atoms with Crippen molar-refractivity contribution in [2.24, 2.45) is 5.92 Å². The largest absolute Gasteiger partial charge is 0.497 e. The Balaban J connectivity index is 1.48. The molecule has 130 valence electrons. The number of pyridine rings is 1. The molecular weight excluding hydrogens is 316 g/mol. The lowest BCUT2D eigenvalue weighted by Crippen LogP contribution is -2.47. The molecule has 2 aromatic rings. The lowest BCUT2D eigenvalue weighted by atomic mass is 9.99. The van der Waals surface area contributed by atoms with Crippen molar-refractivity contribution in [3.05, 3.63) is 54.4 Å². The molecule has 5 heteroatoms. The van der Waals surface area contributed by atoms with E-state index in [2.05, 4.69) is 4.98 Å². The van der Waals surface area contributed by atoms with Crippen molar-refractivity contribution < 1.29 is 14.3 Å². The Morgan fingerprint density at radius 3 is 2.72 bits per heavy atom. The summed E-state index contributed by atoms with van der Waals surface area (Å²) in [7, 11) is 1.65. The van der Waals surface area contributed by atoms with Gasteiger partial charge in [-0.2, -0.15) is 0 Å². The molecular formula is C20H22N2O3. The number of ether oxygens (including phenoxy) is 2. The summed E-state index contributed by atoms with van der Waals surface area (Å²) in [5.41, 5.74) is 0.657. The second-order valence-corrected chi connectivity index (χ2v) is 6.73. The molecule has 0 N–H and O–H groups in total. The Hall–Kier alpha value is -2.56. The summed E-state index contributed by atoms with van der Waals surface area (Å²) in [6, 6.07) is 11.7. The van der Waals surface area contributed by atoms with Gasteiger partial charge in [0, 0.05) is 18.4 Å². The van der Waals surface area contributed by atoms with E-state index in [4.69, 9.17) is 9.47 Å². The van der Waals surface area contributed by atoms with E-state index in [-0.39, 0.29) is 11.9 Å². The van der Waals surface area contributed by atoms with Crippen LogP contribution in [-0.4, -0.2) is 41.6 Å². The highest BCUT2D eigenvalue weighted by molar-refractivity contribution is 5.94. The number of benzene rings is 1. The van der Waals surface area contributed by atoms with Crippen LogP contribution in [0.25, 0.3) is 0 Å². The number of carbonyl (C=O) groups excluding carboxylic acids is 1. The molecule has 0 radical (unpaired) electrons. The zero-order valence-corrected chi connectivity index (χ0v) is 14.3. The fraction of sp³-hybridized carbons (Fsp3) is 0.400. The van der Waals surface area contributed by atoms with E-state index in [1.165, 1.54) is 6.42 Å². The van der Waals surface area contributed by atoms with E-state index in [0.717, 1.165) is 24.3 Å². The van der Waals surface area contributed by atoms with Crippen LogP contribution in [-0.2, 0) is 0 Å². The number of amides is 1. The first-order chi connectivity index (χ1) is 12.3. The Bertz CT molecular complexity index is 732. The van der Waals surface area contributed by atoms with Crippen molar-refractivity contribution in [2.45, 2.75) is 31.3 Å². The number of nitrogens with zero attached hydrogens (tertiary/aromatic N) is 2. The second kappa shape index (κ2) is 6.75. The van der Waals surface area contributed by atoms with Crippen LogP contribution in [0.3, 0.4) is 0 Å². The fourth-order valence-electron chi connectivity index (χ4n) is 4.12. The Morgan fingerprint density at radius 2 is 2.00 bits per heavy atom. The van der Waals surface area contributed by atoms with Gasteiger partial charge in [-0.05, 0) is 61.6 Å². The maximum absolute atomic E-state index is 13.0. The highest BCUT2D eigenvalue weighted by Crippen LogP contribution is 2.43. The lowest BCUT2D eigenvalue weighted by molar-refractivity contribution is 0.0505. The molecule has 4 rings (SSSR count). The SMILES string of the molecule is COc1ccc(OC[C@H]2C3CCC(C3)N2C(=O)c2cccnc2)cc1. The van der Waals surface area contributed by atoms with Gasteiger partial charge in [0.25, 0.3) is 5.91 Å². The molecule has 1 aliphatic heterocycles. The van der Waals surface area contributed by atoms with Crippen molar-refractivity contribution >= 4 is 5.91 Å². The van der Waals surface area contributed by atoms with Gasteiger partial charge in [0.2, 0.25) is 0 Å². The van der Waals surface area contributed by atoms with Gasteiger partial charge in [0.05, 0.1) is 18.7 Å². The van der Waals surface area contributed by atoms with E-state index in [1.807, 2.05) is 41.3 Å². The van der Waals surface area contributed by atoms with E-state index >= 15 is 0 Å². The maximum Gasteiger partial charge on any atom is 0.256 e. The number of methoxy groups -OCH3 is 1. The number of carbonyl (C=O) groups is 1. The highest BCUT2D eigenvalue weighted by Gasteiger charge is 2.48. The summed E-state index contributed by atoms with van der Waals surface area (Å²) < 4.78 is 11.2. The summed E-state index contributed by atoms with van der Waals surface area (Å²) in [6.07, 6.45) is 6.70. The third-order valence-electron chi connectivity index (χ3n) is 5.36.